The summed E-state index contributed by atoms with van der Waals surface area (Å²) in [5.74, 6) is 0. The molecule has 0 spiro atoms. The van der Waals surface area contributed by atoms with Gasteiger partial charge >= 0.3 is 6.18 Å². The van der Waals surface area contributed by atoms with Crippen LogP contribution in [-0.4, -0.2) is 32.4 Å². The van der Waals surface area contributed by atoms with Crippen molar-refractivity contribution in [1.82, 2.24) is 9.62 Å². The van der Waals surface area contributed by atoms with Crippen molar-refractivity contribution in [3.05, 3.63) is 75.7 Å². The van der Waals surface area contributed by atoms with Crippen LogP contribution < -0.4 is 4.72 Å². The van der Waals surface area contributed by atoms with Crippen molar-refractivity contribution < 1.29 is 21.6 Å². The van der Waals surface area contributed by atoms with Gasteiger partial charge in [0.25, 0.3) is 0 Å². The Morgan fingerprint density at radius 2 is 1.77 bits per heavy atom. The largest absolute Gasteiger partial charge is 0.416 e. The summed E-state index contributed by atoms with van der Waals surface area (Å²) >= 11 is 5.81. The highest BCUT2D eigenvalue weighted by atomic mass is 35.5. The van der Waals surface area contributed by atoms with Crippen LogP contribution in [0.5, 0.6) is 0 Å². The van der Waals surface area contributed by atoms with E-state index in [0.29, 0.717) is 43.1 Å². The van der Waals surface area contributed by atoms with Gasteiger partial charge in [0.2, 0.25) is 10.0 Å². The van der Waals surface area contributed by atoms with E-state index in [2.05, 4.69) is 4.72 Å². The van der Waals surface area contributed by atoms with Crippen LogP contribution in [0, 0.1) is 0 Å². The number of rotatable bonds is 6. The molecule has 0 saturated carbocycles. The molecule has 1 fully saturated rings. The lowest BCUT2D eigenvalue weighted by molar-refractivity contribution is -0.137. The van der Waals surface area contributed by atoms with Gasteiger partial charge in [-0.3, -0.25) is 4.90 Å². The summed E-state index contributed by atoms with van der Waals surface area (Å²) in [4.78, 5) is 2.03. The highest BCUT2D eigenvalue weighted by Crippen LogP contribution is 2.30. The maximum Gasteiger partial charge on any atom is 0.416 e. The van der Waals surface area contributed by atoms with Gasteiger partial charge in [-0.15, -0.1) is 0 Å². The molecular formula is C21H22ClF3N2O2S. The molecular weight excluding hydrogens is 437 g/mol. The van der Waals surface area contributed by atoms with Crippen LogP contribution in [0.3, 0.4) is 0 Å². The average Bonchev–Trinajstić information content (AvgIpc) is 2.68. The summed E-state index contributed by atoms with van der Waals surface area (Å²) in [5.41, 5.74) is 0.658. The molecule has 0 atom stereocenters. The minimum atomic E-state index is -4.36. The quantitative estimate of drug-likeness (QED) is 0.669. The summed E-state index contributed by atoms with van der Waals surface area (Å²) in [6.45, 7) is 1.61. The molecule has 1 aliphatic rings. The Morgan fingerprint density at radius 1 is 1.10 bits per heavy atom. The topological polar surface area (TPSA) is 49.4 Å². The van der Waals surface area contributed by atoms with Crippen molar-refractivity contribution in [3.8, 4) is 0 Å². The molecule has 0 amide bonds. The van der Waals surface area contributed by atoms with Crippen LogP contribution in [0.15, 0.2) is 53.9 Å². The van der Waals surface area contributed by atoms with E-state index in [1.54, 1.807) is 30.3 Å². The molecule has 3 rings (SSSR count). The van der Waals surface area contributed by atoms with E-state index < -0.39 is 21.8 Å². The van der Waals surface area contributed by atoms with E-state index in [1.165, 1.54) is 12.1 Å². The Hall–Kier alpha value is -1.87. The first kappa shape index (κ1) is 22.8. The minimum absolute atomic E-state index is 0.206. The van der Waals surface area contributed by atoms with Crippen molar-refractivity contribution in [2.45, 2.75) is 31.6 Å². The van der Waals surface area contributed by atoms with Crippen molar-refractivity contribution in [2.75, 3.05) is 13.1 Å². The van der Waals surface area contributed by atoms with Gasteiger partial charge < -0.3 is 0 Å². The third kappa shape index (κ3) is 6.84. The second-order valence-electron chi connectivity index (χ2n) is 7.27. The highest BCUT2D eigenvalue weighted by molar-refractivity contribution is 7.92. The van der Waals surface area contributed by atoms with Crippen molar-refractivity contribution in [2.24, 2.45) is 0 Å². The highest BCUT2D eigenvalue weighted by Gasteiger charge is 2.30. The van der Waals surface area contributed by atoms with Gasteiger partial charge in [-0.1, -0.05) is 41.9 Å². The Morgan fingerprint density at radius 3 is 2.40 bits per heavy atom. The lowest BCUT2D eigenvalue weighted by Gasteiger charge is -2.32. The van der Waals surface area contributed by atoms with E-state index in [-0.39, 0.29) is 6.04 Å². The van der Waals surface area contributed by atoms with Crippen molar-refractivity contribution in [1.29, 1.82) is 0 Å². The van der Waals surface area contributed by atoms with Gasteiger partial charge in [0.05, 0.1) is 5.56 Å². The van der Waals surface area contributed by atoms with Gasteiger partial charge in [0.1, 0.15) is 0 Å². The predicted octanol–water partition coefficient (Wildman–Crippen LogP) is 4.91. The third-order valence-electron chi connectivity index (χ3n) is 4.89. The van der Waals surface area contributed by atoms with Crippen LogP contribution >= 0.6 is 11.6 Å². The number of hydrogen-bond acceptors (Lipinski definition) is 3. The van der Waals surface area contributed by atoms with Crippen LogP contribution in [0.1, 0.15) is 29.5 Å². The maximum absolute atomic E-state index is 12.9. The summed E-state index contributed by atoms with van der Waals surface area (Å²) < 4.78 is 65.8. The number of piperidine rings is 1. The number of nitrogens with zero attached hydrogens (tertiary/aromatic N) is 1. The molecule has 0 unspecified atom stereocenters. The summed E-state index contributed by atoms with van der Waals surface area (Å²) in [6, 6.07) is 11.9. The number of halogens is 4. The monoisotopic (exact) mass is 458 g/mol. The van der Waals surface area contributed by atoms with Gasteiger partial charge in [-0.25, -0.2) is 13.1 Å². The second-order valence-corrected chi connectivity index (χ2v) is 9.30. The van der Waals surface area contributed by atoms with Crippen LogP contribution in [0.2, 0.25) is 5.02 Å². The van der Waals surface area contributed by atoms with Gasteiger partial charge in [-0.2, -0.15) is 13.2 Å². The number of sulfonamides is 1. The molecule has 0 bridgehead atoms. The Kier molecular flexibility index (Phi) is 7.23. The molecule has 162 valence electrons. The van der Waals surface area contributed by atoms with E-state index in [0.717, 1.165) is 23.1 Å². The maximum atomic E-state index is 12.9. The first-order valence-corrected chi connectivity index (χ1v) is 11.4. The lowest BCUT2D eigenvalue weighted by atomic mass is 10.0. The summed E-state index contributed by atoms with van der Waals surface area (Å²) in [6.07, 6.45) is -1.68. The van der Waals surface area contributed by atoms with Crippen LogP contribution in [0.25, 0.3) is 6.08 Å². The SMILES string of the molecule is O=S(=O)(/C=C/c1ccc(Cl)cc1)NC1CCN(Cc2cccc(C(F)(F)F)c2)CC1. The van der Waals surface area contributed by atoms with Crippen molar-refractivity contribution >= 4 is 27.7 Å². The van der Waals surface area contributed by atoms with E-state index >= 15 is 0 Å². The number of alkyl halides is 3. The molecule has 0 aromatic heterocycles. The second kappa shape index (κ2) is 9.51. The Balaban J connectivity index is 1.51. The standard InChI is InChI=1S/C21H22ClF3N2O2S/c22-19-6-4-16(5-7-19)10-13-30(28,29)26-20-8-11-27(12-9-20)15-17-2-1-3-18(14-17)21(23,24)25/h1-7,10,13-14,20,26H,8-9,11-12,15H2/b13-10+. The third-order valence-corrected chi connectivity index (χ3v) is 6.30. The number of likely N-dealkylation sites (tertiary alicyclic amines) is 1. The molecule has 9 heteroatoms. The number of nitrogens with one attached hydrogen (secondary N) is 1. The fraction of sp³-hybridized carbons (Fsp3) is 0.333. The van der Waals surface area contributed by atoms with Crippen molar-refractivity contribution in [3.63, 3.8) is 0 Å². The first-order valence-electron chi connectivity index (χ1n) is 9.45. The van der Waals surface area contributed by atoms with Crippen LogP contribution in [0.4, 0.5) is 13.2 Å². The normalized spacial score (nSPS) is 16.9. The zero-order valence-electron chi connectivity index (χ0n) is 16.1. The number of benzene rings is 2. The molecule has 0 aliphatic carbocycles. The molecule has 1 saturated heterocycles. The van der Waals surface area contributed by atoms with E-state index in [4.69, 9.17) is 11.6 Å². The lowest BCUT2D eigenvalue weighted by Crippen LogP contribution is -2.43. The zero-order valence-corrected chi connectivity index (χ0v) is 17.6. The molecule has 1 aliphatic heterocycles. The van der Waals surface area contributed by atoms with E-state index in [9.17, 15) is 21.6 Å². The van der Waals surface area contributed by atoms with Gasteiger partial charge in [0, 0.05) is 36.1 Å². The fourth-order valence-electron chi connectivity index (χ4n) is 3.33. The summed E-state index contributed by atoms with van der Waals surface area (Å²) in [7, 11) is -3.59. The average molecular weight is 459 g/mol. The number of hydrogen-bond donors (Lipinski definition) is 1. The predicted molar refractivity (Wildman–Crippen MR) is 112 cm³/mol. The molecule has 4 nitrogen and oxygen atoms in total. The molecule has 30 heavy (non-hydrogen) atoms. The van der Waals surface area contributed by atoms with Gasteiger partial charge in [0.15, 0.2) is 0 Å². The molecule has 2 aromatic rings. The van der Waals surface area contributed by atoms with Gasteiger partial charge in [-0.05, 0) is 48.2 Å². The summed E-state index contributed by atoms with van der Waals surface area (Å²) in [5, 5.41) is 1.70. The zero-order chi connectivity index (χ0) is 21.8. The smallest absolute Gasteiger partial charge is 0.299 e. The molecule has 1 N–H and O–H groups in total. The Bertz CT molecular complexity index is 984. The van der Waals surface area contributed by atoms with Crippen LogP contribution in [-0.2, 0) is 22.7 Å². The fourth-order valence-corrected chi connectivity index (χ4v) is 4.57. The first-order chi connectivity index (χ1) is 14.1. The molecule has 2 aromatic carbocycles. The molecule has 0 radical (unpaired) electrons. The van der Waals surface area contributed by atoms with E-state index in [1.807, 2.05) is 4.90 Å². The Labute approximate surface area is 179 Å². The minimum Gasteiger partial charge on any atom is -0.299 e. The molecule has 1 heterocycles.